The van der Waals surface area contributed by atoms with Crippen LogP contribution in [-0.2, 0) is 21.4 Å². The van der Waals surface area contributed by atoms with Crippen molar-refractivity contribution in [3.05, 3.63) is 64.8 Å². The van der Waals surface area contributed by atoms with E-state index in [1.165, 1.54) is 19.2 Å². The first-order valence-electron chi connectivity index (χ1n) is 11.2. The van der Waals surface area contributed by atoms with Crippen molar-refractivity contribution >= 4 is 45.7 Å². The van der Waals surface area contributed by atoms with Crippen LogP contribution in [0.5, 0.6) is 0 Å². The molecule has 3 rings (SSSR count). The van der Waals surface area contributed by atoms with Crippen LogP contribution in [-0.4, -0.2) is 54.9 Å². The number of nitrogens with one attached hydrogen (secondary N) is 1. The van der Waals surface area contributed by atoms with Crippen molar-refractivity contribution < 1.29 is 30.8 Å². The third kappa shape index (κ3) is 6.63. The molecule has 0 saturated carbocycles. The zero-order valence-electron chi connectivity index (χ0n) is 20.3. The lowest BCUT2D eigenvalue weighted by molar-refractivity contribution is -0.125. The molecular weight excluding hydrogens is 550 g/mol. The standard InChI is InChI=1S/C24H24ClF4N5O3S/c1-14-8-9-34(38(36,37)18-6-4-17(26)5-7-18)21(14)22(35)32-12-16-10-20(31-13-19(16)25)15(2)11-33-23(30-3)24(27,28)29/h4-7,10-11,13-14,21H,3,8-9,12H2,1-2H3,(H,32,35)/b15-11+,33-23?/t14-,21-/m0/s1. The lowest BCUT2D eigenvalue weighted by Crippen LogP contribution is -2.47. The van der Waals surface area contributed by atoms with Gasteiger partial charge in [-0.25, -0.2) is 22.8 Å². The minimum Gasteiger partial charge on any atom is -0.351 e. The normalized spacial score (nSPS) is 19.4. The maximum atomic E-state index is 13.3. The Morgan fingerprint density at radius 2 is 1.97 bits per heavy atom. The van der Waals surface area contributed by atoms with E-state index in [0.717, 1.165) is 34.8 Å². The Bertz CT molecular complexity index is 1380. The Balaban J connectivity index is 1.78. The molecule has 1 aromatic heterocycles. The Morgan fingerprint density at radius 3 is 2.58 bits per heavy atom. The molecule has 1 aliphatic rings. The van der Waals surface area contributed by atoms with Gasteiger partial charge in [0, 0.05) is 25.5 Å². The molecule has 14 heteroatoms. The predicted octanol–water partition coefficient (Wildman–Crippen LogP) is 4.61. The number of allylic oxidation sites excluding steroid dienone is 1. The van der Waals surface area contributed by atoms with Gasteiger partial charge in [0.1, 0.15) is 11.9 Å². The van der Waals surface area contributed by atoms with Crippen molar-refractivity contribution in [1.29, 1.82) is 0 Å². The number of aliphatic imine (C=N–C) groups is 2. The lowest BCUT2D eigenvalue weighted by Gasteiger charge is -2.25. The molecule has 8 nitrogen and oxygen atoms in total. The van der Waals surface area contributed by atoms with Gasteiger partial charge in [-0.05, 0) is 67.4 Å². The van der Waals surface area contributed by atoms with E-state index >= 15 is 0 Å². The van der Waals surface area contributed by atoms with Crippen molar-refractivity contribution in [3.63, 3.8) is 0 Å². The van der Waals surface area contributed by atoms with Crippen molar-refractivity contribution in [2.45, 2.75) is 43.9 Å². The summed E-state index contributed by atoms with van der Waals surface area (Å²) >= 11 is 6.21. The van der Waals surface area contributed by atoms with Gasteiger partial charge in [0.25, 0.3) is 0 Å². The first kappa shape index (κ1) is 29.4. The van der Waals surface area contributed by atoms with Crippen LogP contribution >= 0.6 is 11.6 Å². The largest absolute Gasteiger partial charge is 0.451 e. The fourth-order valence-corrected chi connectivity index (χ4v) is 5.73. The van der Waals surface area contributed by atoms with E-state index < -0.39 is 39.8 Å². The number of carbonyl (C=O) groups excluding carboxylic acids is 1. The molecule has 2 heterocycles. The molecule has 1 amide bonds. The molecule has 1 fully saturated rings. The third-order valence-corrected chi connectivity index (χ3v) is 8.15. The number of benzene rings is 1. The zero-order chi connectivity index (χ0) is 28.3. The highest BCUT2D eigenvalue weighted by molar-refractivity contribution is 7.89. The molecule has 2 atom stereocenters. The number of pyridine rings is 1. The lowest BCUT2D eigenvalue weighted by atomic mass is 10.0. The highest BCUT2D eigenvalue weighted by Gasteiger charge is 2.43. The van der Waals surface area contributed by atoms with Crippen molar-refractivity contribution in [1.82, 2.24) is 14.6 Å². The minimum atomic E-state index is -4.77. The van der Waals surface area contributed by atoms with Crippen molar-refractivity contribution in [2.24, 2.45) is 15.9 Å². The fraction of sp³-hybridized carbons (Fsp3) is 0.333. The number of hydrogen-bond acceptors (Lipinski definition) is 5. The van der Waals surface area contributed by atoms with E-state index in [-0.39, 0.29) is 40.2 Å². The third-order valence-electron chi connectivity index (χ3n) is 5.92. The molecule has 0 bridgehead atoms. The number of nitrogens with zero attached hydrogens (tertiary/aromatic N) is 4. The molecule has 1 aliphatic heterocycles. The van der Waals surface area contributed by atoms with Crippen LogP contribution in [0.4, 0.5) is 17.6 Å². The number of alkyl halides is 3. The van der Waals surface area contributed by atoms with Crippen LogP contribution in [0.25, 0.3) is 5.57 Å². The topological polar surface area (TPSA) is 104 Å². The maximum Gasteiger partial charge on any atom is 0.451 e. The maximum absolute atomic E-state index is 13.3. The number of sulfonamides is 1. The van der Waals surface area contributed by atoms with E-state index in [4.69, 9.17) is 11.6 Å². The van der Waals surface area contributed by atoms with Crippen LogP contribution in [0.1, 0.15) is 31.5 Å². The number of aromatic nitrogens is 1. The van der Waals surface area contributed by atoms with Crippen LogP contribution in [0, 0.1) is 11.7 Å². The van der Waals surface area contributed by atoms with E-state index in [1.807, 2.05) is 0 Å². The Labute approximate surface area is 222 Å². The summed E-state index contributed by atoms with van der Waals surface area (Å²) < 4.78 is 79.1. The van der Waals surface area contributed by atoms with Crippen molar-refractivity contribution in [2.75, 3.05) is 6.54 Å². The smallest absolute Gasteiger partial charge is 0.351 e. The second-order valence-electron chi connectivity index (χ2n) is 8.58. The monoisotopic (exact) mass is 573 g/mol. The van der Waals surface area contributed by atoms with Gasteiger partial charge in [-0.1, -0.05) is 18.5 Å². The molecule has 1 saturated heterocycles. The number of amidine groups is 1. The molecule has 2 aromatic rings. The van der Waals surface area contributed by atoms with E-state index in [2.05, 4.69) is 27.0 Å². The molecule has 1 aromatic carbocycles. The Hall–Kier alpha value is -3.16. The van der Waals surface area contributed by atoms with Crippen LogP contribution in [0.3, 0.4) is 0 Å². The van der Waals surface area contributed by atoms with Crippen LogP contribution in [0.2, 0.25) is 5.02 Å². The van der Waals surface area contributed by atoms with E-state index in [0.29, 0.717) is 12.0 Å². The molecule has 204 valence electrons. The number of hydrogen-bond donors (Lipinski definition) is 1. The minimum absolute atomic E-state index is 0.0978. The Morgan fingerprint density at radius 1 is 1.32 bits per heavy atom. The molecule has 0 unspecified atom stereocenters. The fourth-order valence-electron chi connectivity index (χ4n) is 3.86. The van der Waals surface area contributed by atoms with E-state index in [1.54, 1.807) is 6.92 Å². The summed E-state index contributed by atoms with van der Waals surface area (Å²) in [4.78, 5) is 23.3. The molecule has 1 N–H and O–H groups in total. The van der Waals surface area contributed by atoms with Crippen molar-refractivity contribution in [3.8, 4) is 0 Å². The summed E-state index contributed by atoms with van der Waals surface area (Å²) in [6.07, 6.45) is -2.10. The number of halogens is 5. The van der Waals surface area contributed by atoms with Gasteiger partial charge in [-0.2, -0.15) is 17.5 Å². The van der Waals surface area contributed by atoms with Gasteiger partial charge in [-0.15, -0.1) is 0 Å². The van der Waals surface area contributed by atoms with Gasteiger partial charge >= 0.3 is 6.18 Å². The van der Waals surface area contributed by atoms with Gasteiger partial charge in [0.15, 0.2) is 0 Å². The quantitative estimate of drug-likeness (QED) is 0.297. The molecule has 0 spiro atoms. The number of amides is 1. The van der Waals surface area contributed by atoms with Crippen LogP contribution in [0.15, 0.2) is 57.6 Å². The highest BCUT2D eigenvalue weighted by atomic mass is 35.5. The van der Waals surface area contributed by atoms with Gasteiger partial charge in [0.05, 0.1) is 15.6 Å². The summed E-state index contributed by atoms with van der Waals surface area (Å²) in [7, 11) is -4.06. The van der Waals surface area contributed by atoms with Gasteiger partial charge in [-0.3, -0.25) is 9.78 Å². The SMILES string of the molecule is C=NC(=N/C=C(\C)c1cc(CNC(=O)[C@@H]2[C@@H](C)CCN2S(=O)(=O)c2ccc(F)cc2)c(Cl)cn1)C(F)(F)F. The molecule has 0 radical (unpaired) electrons. The zero-order valence-corrected chi connectivity index (χ0v) is 21.9. The summed E-state index contributed by atoms with van der Waals surface area (Å²) in [5, 5.41) is 2.87. The summed E-state index contributed by atoms with van der Waals surface area (Å²) in [6.45, 7) is 6.12. The molecule has 0 aliphatic carbocycles. The van der Waals surface area contributed by atoms with Gasteiger partial charge in [0.2, 0.25) is 21.8 Å². The first-order chi connectivity index (χ1) is 17.8. The predicted molar refractivity (Wildman–Crippen MR) is 136 cm³/mol. The first-order valence-corrected chi connectivity index (χ1v) is 13.1. The summed E-state index contributed by atoms with van der Waals surface area (Å²) in [5.41, 5.74) is 0.918. The summed E-state index contributed by atoms with van der Waals surface area (Å²) in [6, 6.07) is 4.82. The molecular formula is C24H24ClF4N5O3S. The molecule has 38 heavy (non-hydrogen) atoms. The average molecular weight is 574 g/mol. The second kappa shape index (κ2) is 11.7. The number of carbonyl (C=O) groups is 1. The van der Waals surface area contributed by atoms with E-state index in [9.17, 15) is 30.8 Å². The number of rotatable bonds is 7. The second-order valence-corrected chi connectivity index (χ2v) is 10.9. The van der Waals surface area contributed by atoms with Crippen LogP contribution < -0.4 is 5.32 Å². The van der Waals surface area contributed by atoms with Gasteiger partial charge < -0.3 is 5.32 Å². The average Bonchev–Trinajstić information content (AvgIpc) is 3.25. The summed E-state index contributed by atoms with van der Waals surface area (Å²) in [5.74, 6) is -2.85. The highest BCUT2D eigenvalue weighted by Crippen LogP contribution is 2.31. The Kier molecular flexibility index (Phi) is 9.05.